The molecule has 1 amide bonds. The minimum atomic E-state index is -0.417. The van der Waals surface area contributed by atoms with Crippen molar-refractivity contribution in [1.29, 1.82) is 0 Å². The summed E-state index contributed by atoms with van der Waals surface area (Å²) in [6.07, 6.45) is 5.31. The van der Waals surface area contributed by atoms with Gasteiger partial charge in [-0.25, -0.2) is 0 Å². The van der Waals surface area contributed by atoms with Crippen molar-refractivity contribution in [3.63, 3.8) is 0 Å². The van der Waals surface area contributed by atoms with E-state index in [4.69, 9.17) is 5.73 Å². The maximum atomic E-state index is 12.1. The highest BCUT2D eigenvalue weighted by atomic mass is 35.5. The minimum absolute atomic E-state index is 0. The monoisotopic (exact) mass is 288 g/mol. The molecular weight excluding hydrogens is 264 g/mol. The van der Waals surface area contributed by atoms with Crippen molar-refractivity contribution in [2.45, 2.75) is 40.2 Å². The number of carbonyl (C=O) groups is 1. The molecule has 3 N–H and O–H groups in total. The molecule has 6 heteroatoms. The van der Waals surface area contributed by atoms with Crippen molar-refractivity contribution in [2.24, 2.45) is 11.1 Å². The maximum Gasteiger partial charge on any atom is 0.227 e. The Bertz CT molecular complexity index is 379. The summed E-state index contributed by atoms with van der Waals surface area (Å²) < 4.78 is 1.83. The number of nitrogens with two attached hydrogens (primary N) is 1. The van der Waals surface area contributed by atoms with Crippen molar-refractivity contribution < 1.29 is 4.79 Å². The van der Waals surface area contributed by atoms with Gasteiger partial charge in [0.2, 0.25) is 5.91 Å². The molecule has 1 rings (SSSR count). The van der Waals surface area contributed by atoms with Crippen LogP contribution in [0, 0.1) is 12.3 Å². The van der Waals surface area contributed by atoms with Crippen LogP contribution in [0.5, 0.6) is 0 Å². The van der Waals surface area contributed by atoms with E-state index < -0.39 is 5.41 Å². The van der Waals surface area contributed by atoms with Crippen molar-refractivity contribution in [1.82, 2.24) is 15.1 Å². The van der Waals surface area contributed by atoms with E-state index in [-0.39, 0.29) is 18.3 Å². The summed E-state index contributed by atoms with van der Waals surface area (Å²) in [5.74, 6) is 0.0545. The van der Waals surface area contributed by atoms with E-state index in [2.05, 4.69) is 10.4 Å². The second kappa shape index (κ2) is 8.17. The summed E-state index contributed by atoms with van der Waals surface area (Å²) >= 11 is 0. The molecule has 5 nitrogen and oxygen atoms in total. The van der Waals surface area contributed by atoms with Crippen LogP contribution in [0.2, 0.25) is 0 Å². The average Bonchev–Trinajstić information content (AvgIpc) is 2.78. The smallest absolute Gasteiger partial charge is 0.227 e. The van der Waals surface area contributed by atoms with Gasteiger partial charge < -0.3 is 11.1 Å². The third-order valence-electron chi connectivity index (χ3n) is 3.61. The number of hydrogen-bond donors (Lipinski definition) is 2. The molecular formula is C13H25ClN4O. The first-order valence-electron chi connectivity index (χ1n) is 6.55. The molecule has 0 unspecified atom stereocenters. The Morgan fingerprint density at radius 3 is 2.53 bits per heavy atom. The van der Waals surface area contributed by atoms with Gasteiger partial charge in [0.25, 0.3) is 0 Å². The molecule has 0 radical (unpaired) electrons. The van der Waals surface area contributed by atoms with Gasteiger partial charge in [-0.2, -0.15) is 5.10 Å². The Hall–Kier alpha value is -1.07. The Morgan fingerprint density at radius 1 is 1.47 bits per heavy atom. The van der Waals surface area contributed by atoms with E-state index in [9.17, 15) is 4.79 Å². The Kier molecular flexibility index (Phi) is 7.71. The molecule has 1 heterocycles. The summed E-state index contributed by atoms with van der Waals surface area (Å²) in [7, 11) is 0. The lowest BCUT2D eigenvalue weighted by Crippen LogP contribution is -2.46. The fourth-order valence-corrected chi connectivity index (χ4v) is 2.01. The predicted molar refractivity (Wildman–Crippen MR) is 79.3 cm³/mol. The standard InChI is InChI=1S/C13H24N4O.ClH/c1-4-13(5-2,10-14)12(18)15-6-7-17-9-11(3)8-16-17;/h8-9H,4-7,10,14H2,1-3H3,(H,15,18);1H. The largest absolute Gasteiger partial charge is 0.354 e. The molecule has 0 saturated heterocycles. The van der Waals surface area contributed by atoms with Gasteiger partial charge >= 0.3 is 0 Å². The summed E-state index contributed by atoms with van der Waals surface area (Å²) in [5, 5.41) is 7.13. The molecule has 0 spiro atoms. The van der Waals surface area contributed by atoms with Gasteiger partial charge in [-0.15, -0.1) is 12.4 Å². The molecule has 1 aromatic rings. The molecule has 0 atom stereocenters. The topological polar surface area (TPSA) is 72.9 Å². The fraction of sp³-hybridized carbons (Fsp3) is 0.692. The Morgan fingerprint density at radius 2 is 2.11 bits per heavy atom. The Balaban J connectivity index is 0.00000324. The highest BCUT2D eigenvalue weighted by molar-refractivity contribution is 5.85. The SMILES string of the molecule is CCC(CC)(CN)C(=O)NCCn1cc(C)cn1.Cl. The van der Waals surface area contributed by atoms with Gasteiger partial charge in [0.05, 0.1) is 18.2 Å². The molecule has 0 aliphatic heterocycles. The first kappa shape index (κ1) is 17.9. The summed E-state index contributed by atoms with van der Waals surface area (Å²) in [6, 6.07) is 0. The third-order valence-corrected chi connectivity index (χ3v) is 3.61. The van der Waals surface area contributed by atoms with Gasteiger partial charge in [-0.1, -0.05) is 13.8 Å². The van der Waals surface area contributed by atoms with E-state index in [1.165, 1.54) is 0 Å². The zero-order valence-electron chi connectivity index (χ0n) is 12.0. The zero-order chi connectivity index (χ0) is 13.6. The van der Waals surface area contributed by atoms with Crippen LogP contribution >= 0.6 is 12.4 Å². The summed E-state index contributed by atoms with van der Waals surface area (Å²) in [6.45, 7) is 7.68. The number of rotatable bonds is 7. The summed E-state index contributed by atoms with van der Waals surface area (Å²) in [4.78, 5) is 12.1. The number of amides is 1. The van der Waals surface area contributed by atoms with E-state index >= 15 is 0 Å². The van der Waals surface area contributed by atoms with Crippen LogP contribution in [0.25, 0.3) is 0 Å². The first-order valence-corrected chi connectivity index (χ1v) is 6.55. The minimum Gasteiger partial charge on any atom is -0.354 e. The molecule has 0 aliphatic rings. The third kappa shape index (κ3) is 4.51. The van der Waals surface area contributed by atoms with Gasteiger partial charge in [0.15, 0.2) is 0 Å². The van der Waals surface area contributed by atoms with Crippen LogP contribution in [0.15, 0.2) is 12.4 Å². The highest BCUT2D eigenvalue weighted by Gasteiger charge is 2.32. The van der Waals surface area contributed by atoms with Crippen molar-refractivity contribution >= 4 is 18.3 Å². The van der Waals surface area contributed by atoms with Crippen LogP contribution in [-0.4, -0.2) is 28.8 Å². The number of nitrogens with zero attached hydrogens (tertiary/aromatic N) is 2. The van der Waals surface area contributed by atoms with E-state index in [1.54, 1.807) is 0 Å². The van der Waals surface area contributed by atoms with Gasteiger partial charge in [0.1, 0.15) is 0 Å². The zero-order valence-corrected chi connectivity index (χ0v) is 12.8. The second-order valence-corrected chi connectivity index (χ2v) is 4.73. The first-order chi connectivity index (χ1) is 8.57. The van der Waals surface area contributed by atoms with Crippen LogP contribution in [0.1, 0.15) is 32.3 Å². The normalized spacial score (nSPS) is 10.9. The lowest BCUT2D eigenvalue weighted by atomic mass is 9.81. The molecule has 0 aromatic carbocycles. The molecule has 0 saturated carbocycles. The highest BCUT2D eigenvalue weighted by Crippen LogP contribution is 2.24. The number of carbonyl (C=O) groups excluding carboxylic acids is 1. The van der Waals surface area contributed by atoms with Crippen molar-refractivity contribution in [3.05, 3.63) is 18.0 Å². The van der Waals surface area contributed by atoms with E-state index in [0.717, 1.165) is 18.4 Å². The summed E-state index contributed by atoms with van der Waals surface area (Å²) in [5.41, 5.74) is 6.45. The maximum absolute atomic E-state index is 12.1. The van der Waals surface area contributed by atoms with E-state index in [1.807, 2.05) is 37.8 Å². The van der Waals surface area contributed by atoms with Gasteiger partial charge in [-0.05, 0) is 25.3 Å². The fourth-order valence-electron chi connectivity index (χ4n) is 2.01. The number of hydrogen-bond acceptors (Lipinski definition) is 3. The van der Waals surface area contributed by atoms with Crippen LogP contribution in [0.3, 0.4) is 0 Å². The average molecular weight is 289 g/mol. The number of aromatic nitrogens is 2. The number of halogens is 1. The van der Waals surface area contributed by atoms with E-state index in [0.29, 0.717) is 19.6 Å². The molecule has 19 heavy (non-hydrogen) atoms. The van der Waals surface area contributed by atoms with Crippen LogP contribution in [0.4, 0.5) is 0 Å². The molecule has 110 valence electrons. The van der Waals surface area contributed by atoms with Gasteiger partial charge in [0, 0.05) is 19.3 Å². The quantitative estimate of drug-likeness (QED) is 0.798. The van der Waals surface area contributed by atoms with Crippen LogP contribution in [-0.2, 0) is 11.3 Å². The van der Waals surface area contributed by atoms with Gasteiger partial charge in [-0.3, -0.25) is 9.48 Å². The lowest BCUT2D eigenvalue weighted by molar-refractivity contribution is -0.131. The van der Waals surface area contributed by atoms with Crippen molar-refractivity contribution in [3.8, 4) is 0 Å². The molecule has 1 aromatic heterocycles. The van der Waals surface area contributed by atoms with Crippen LogP contribution < -0.4 is 11.1 Å². The Labute approximate surface area is 121 Å². The molecule has 0 fully saturated rings. The van der Waals surface area contributed by atoms with Crippen molar-refractivity contribution in [2.75, 3.05) is 13.1 Å². The predicted octanol–water partition coefficient (Wildman–Crippen LogP) is 1.49. The lowest BCUT2D eigenvalue weighted by Gasteiger charge is -2.28. The molecule has 0 bridgehead atoms. The molecule has 0 aliphatic carbocycles. The number of aryl methyl sites for hydroxylation is 1. The number of nitrogens with one attached hydrogen (secondary N) is 1. The second-order valence-electron chi connectivity index (χ2n) is 4.73.